The van der Waals surface area contributed by atoms with Crippen molar-refractivity contribution in [2.45, 2.75) is 13.0 Å². The van der Waals surface area contributed by atoms with Crippen LogP contribution in [-0.2, 0) is 17.7 Å². The fraction of sp³-hybridized carbons (Fsp3) is 0.353. The van der Waals surface area contributed by atoms with Gasteiger partial charge in [-0.25, -0.2) is 4.99 Å². The van der Waals surface area contributed by atoms with Gasteiger partial charge in [0, 0.05) is 26.6 Å². The molecule has 0 radical (unpaired) electrons. The Morgan fingerprint density at radius 2 is 1.87 bits per heavy atom. The Kier molecular flexibility index (Phi) is 10.1. The first-order valence-electron chi connectivity index (χ1n) is 7.46. The van der Waals surface area contributed by atoms with Crippen molar-refractivity contribution in [2.75, 3.05) is 26.8 Å². The van der Waals surface area contributed by atoms with Crippen LogP contribution in [0.1, 0.15) is 11.3 Å². The second kappa shape index (κ2) is 12.0. The normalized spacial score (nSPS) is 10.9. The average Bonchev–Trinajstić information content (AvgIpc) is 3.06. The van der Waals surface area contributed by atoms with Crippen LogP contribution in [0, 0.1) is 0 Å². The second-order valence-corrected chi connectivity index (χ2v) is 4.83. The van der Waals surface area contributed by atoms with E-state index in [0.29, 0.717) is 13.2 Å². The number of guanidine groups is 1. The fourth-order valence-corrected chi connectivity index (χ4v) is 1.96. The Morgan fingerprint density at radius 3 is 2.57 bits per heavy atom. The maximum atomic E-state index is 5.32. The summed E-state index contributed by atoms with van der Waals surface area (Å²) in [5, 5.41) is 6.56. The SMILES string of the molecule is COCCNC(=NCc1ccccc1)NCCc1ccco1.I. The van der Waals surface area contributed by atoms with E-state index in [1.807, 2.05) is 30.3 Å². The van der Waals surface area contributed by atoms with Gasteiger partial charge in [-0.15, -0.1) is 24.0 Å². The van der Waals surface area contributed by atoms with Crippen molar-refractivity contribution in [1.29, 1.82) is 0 Å². The van der Waals surface area contributed by atoms with E-state index in [2.05, 4.69) is 27.8 Å². The lowest BCUT2D eigenvalue weighted by atomic mass is 10.2. The molecule has 0 bridgehead atoms. The van der Waals surface area contributed by atoms with Gasteiger partial charge in [0.2, 0.25) is 0 Å². The molecule has 6 heteroatoms. The van der Waals surface area contributed by atoms with Gasteiger partial charge in [0.1, 0.15) is 5.76 Å². The third-order valence-corrected chi connectivity index (χ3v) is 3.11. The molecule has 2 N–H and O–H groups in total. The van der Waals surface area contributed by atoms with E-state index >= 15 is 0 Å². The fourth-order valence-electron chi connectivity index (χ4n) is 1.96. The van der Waals surface area contributed by atoms with Crippen LogP contribution < -0.4 is 10.6 Å². The van der Waals surface area contributed by atoms with E-state index in [-0.39, 0.29) is 24.0 Å². The van der Waals surface area contributed by atoms with Crippen LogP contribution in [0.3, 0.4) is 0 Å². The number of methoxy groups -OCH3 is 1. The van der Waals surface area contributed by atoms with Crippen LogP contribution >= 0.6 is 24.0 Å². The average molecular weight is 429 g/mol. The topological polar surface area (TPSA) is 58.8 Å². The van der Waals surface area contributed by atoms with Crippen LogP contribution in [0.25, 0.3) is 0 Å². The second-order valence-electron chi connectivity index (χ2n) is 4.83. The molecular formula is C17H24IN3O2. The van der Waals surface area contributed by atoms with Crippen molar-refractivity contribution < 1.29 is 9.15 Å². The van der Waals surface area contributed by atoms with Gasteiger partial charge < -0.3 is 19.8 Å². The summed E-state index contributed by atoms with van der Waals surface area (Å²) in [4.78, 5) is 4.59. The molecule has 0 aliphatic carbocycles. The third kappa shape index (κ3) is 8.03. The van der Waals surface area contributed by atoms with Crippen LogP contribution in [0.2, 0.25) is 0 Å². The number of nitrogens with one attached hydrogen (secondary N) is 2. The number of hydrogen-bond donors (Lipinski definition) is 2. The number of benzene rings is 1. The highest BCUT2D eigenvalue weighted by Crippen LogP contribution is 2.01. The number of aliphatic imine (C=N–C) groups is 1. The van der Waals surface area contributed by atoms with Gasteiger partial charge in [0.15, 0.2) is 5.96 Å². The van der Waals surface area contributed by atoms with E-state index < -0.39 is 0 Å². The van der Waals surface area contributed by atoms with Gasteiger partial charge in [0.05, 0.1) is 19.4 Å². The highest BCUT2D eigenvalue weighted by atomic mass is 127. The zero-order valence-corrected chi connectivity index (χ0v) is 15.7. The Hall–Kier alpha value is -1.54. The number of ether oxygens (including phenoxy) is 1. The molecule has 0 aliphatic heterocycles. The lowest BCUT2D eigenvalue weighted by Crippen LogP contribution is -2.40. The molecule has 5 nitrogen and oxygen atoms in total. The predicted octanol–water partition coefficient (Wildman–Crippen LogP) is 2.82. The molecule has 0 amide bonds. The Bertz CT molecular complexity index is 544. The molecule has 0 fully saturated rings. The molecule has 2 aromatic rings. The highest BCUT2D eigenvalue weighted by molar-refractivity contribution is 14.0. The molecule has 0 spiro atoms. The Morgan fingerprint density at radius 1 is 1.09 bits per heavy atom. The first-order chi connectivity index (χ1) is 10.9. The Labute approximate surface area is 154 Å². The zero-order chi connectivity index (χ0) is 15.5. The maximum absolute atomic E-state index is 5.32. The van der Waals surface area contributed by atoms with Crippen LogP contribution in [0.15, 0.2) is 58.1 Å². The number of nitrogens with zero attached hydrogens (tertiary/aromatic N) is 1. The minimum Gasteiger partial charge on any atom is -0.469 e. The molecule has 1 aromatic heterocycles. The molecule has 1 heterocycles. The number of hydrogen-bond acceptors (Lipinski definition) is 3. The lowest BCUT2D eigenvalue weighted by Gasteiger charge is -2.12. The first-order valence-corrected chi connectivity index (χ1v) is 7.46. The van der Waals surface area contributed by atoms with E-state index in [1.165, 1.54) is 5.56 Å². The maximum Gasteiger partial charge on any atom is 0.191 e. The summed E-state index contributed by atoms with van der Waals surface area (Å²) in [7, 11) is 1.69. The van der Waals surface area contributed by atoms with Crippen LogP contribution in [0.5, 0.6) is 0 Å². The predicted molar refractivity (Wildman–Crippen MR) is 103 cm³/mol. The molecule has 0 saturated carbocycles. The minimum atomic E-state index is 0. The van der Waals surface area contributed by atoms with E-state index in [9.17, 15) is 0 Å². The molecule has 0 atom stereocenters. The van der Waals surface area contributed by atoms with Gasteiger partial charge in [-0.3, -0.25) is 0 Å². The van der Waals surface area contributed by atoms with Crippen LogP contribution in [-0.4, -0.2) is 32.8 Å². The minimum absolute atomic E-state index is 0. The zero-order valence-electron chi connectivity index (χ0n) is 13.3. The van der Waals surface area contributed by atoms with Gasteiger partial charge in [0.25, 0.3) is 0 Å². The van der Waals surface area contributed by atoms with E-state index in [0.717, 1.165) is 31.2 Å². The molecule has 126 valence electrons. The summed E-state index contributed by atoms with van der Waals surface area (Å²) in [6, 6.07) is 14.1. The van der Waals surface area contributed by atoms with Crippen molar-refractivity contribution >= 4 is 29.9 Å². The standard InChI is InChI=1S/C17H23N3O2.HI/c1-21-13-11-19-17(18-10-9-16-8-5-12-22-16)20-14-15-6-3-2-4-7-15;/h2-8,12H,9-11,13-14H2,1H3,(H2,18,19,20);1H. The van der Waals surface area contributed by atoms with Crippen molar-refractivity contribution in [3.63, 3.8) is 0 Å². The Balaban J connectivity index is 0.00000264. The summed E-state index contributed by atoms with van der Waals surface area (Å²) < 4.78 is 10.4. The van der Waals surface area contributed by atoms with E-state index in [4.69, 9.17) is 9.15 Å². The molecule has 2 rings (SSSR count). The number of halogens is 1. The molecule has 0 saturated heterocycles. The van der Waals surface area contributed by atoms with Gasteiger partial charge in [-0.1, -0.05) is 30.3 Å². The van der Waals surface area contributed by atoms with Gasteiger partial charge in [-0.05, 0) is 17.7 Å². The third-order valence-electron chi connectivity index (χ3n) is 3.11. The summed E-state index contributed by atoms with van der Waals surface area (Å²) >= 11 is 0. The summed E-state index contributed by atoms with van der Waals surface area (Å²) in [5.41, 5.74) is 1.18. The quantitative estimate of drug-likeness (QED) is 0.293. The lowest BCUT2D eigenvalue weighted by molar-refractivity contribution is 0.203. The largest absolute Gasteiger partial charge is 0.469 e. The first kappa shape index (κ1) is 19.5. The van der Waals surface area contributed by atoms with Crippen molar-refractivity contribution in [3.8, 4) is 0 Å². The van der Waals surface area contributed by atoms with Crippen molar-refractivity contribution in [3.05, 3.63) is 60.1 Å². The molecule has 0 unspecified atom stereocenters. The molecule has 1 aromatic carbocycles. The molecule has 23 heavy (non-hydrogen) atoms. The monoisotopic (exact) mass is 429 g/mol. The smallest absolute Gasteiger partial charge is 0.191 e. The van der Waals surface area contributed by atoms with Gasteiger partial charge >= 0.3 is 0 Å². The summed E-state index contributed by atoms with van der Waals surface area (Å²) in [6.07, 6.45) is 2.51. The summed E-state index contributed by atoms with van der Waals surface area (Å²) in [5.74, 6) is 1.75. The molecular weight excluding hydrogens is 405 g/mol. The van der Waals surface area contributed by atoms with Crippen LogP contribution in [0.4, 0.5) is 0 Å². The highest BCUT2D eigenvalue weighted by Gasteiger charge is 2.00. The number of rotatable bonds is 8. The van der Waals surface area contributed by atoms with Crippen molar-refractivity contribution in [2.24, 2.45) is 4.99 Å². The number of furan rings is 1. The molecule has 0 aliphatic rings. The van der Waals surface area contributed by atoms with Gasteiger partial charge in [-0.2, -0.15) is 0 Å². The van der Waals surface area contributed by atoms with Crippen molar-refractivity contribution in [1.82, 2.24) is 10.6 Å². The van der Waals surface area contributed by atoms with E-state index in [1.54, 1.807) is 13.4 Å². The summed E-state index contributed by atoms with van der Waals surface area (Å²) in [6.45, 7) is 2.77.